The first-order valence-corrected chi connectivity index (χ1v) is 16.1. The average Bonchev–Trinajstić information content (AvgIpc) is 2.98. The van der Waals surface area contributed by atoms with E-state index >= 15 is 0 Å². The normalized spacial score (nSPS) is 12.5. The molecule has 0 spiro atoms. The van der Waals surface area contributed by atoms with Crippen LogP contribution in [0.4, 0.5) is 0 Å². The molecule has 12 heteroatoms. The summed E-state index contributed by atoms with van der Waals surface area (Å²) in [5.74, 6) is 0.486. The van der Waals surface area contributed by atoms with Gasteiger partial charge in [-0.05, 0) is 80.6 Å². The van der Waals surface area contributed by atoms with Crippen LogP contribution in [-0.2, 0) is 22.6 Å². The third kappa shape index (κ3) is 11.1. The Morgan fingerprint density at radius 1 is 0.891 bits per heavy atom. The number of rotatable bonds is 16. The van der Waals surface area contributed by atoms with Crippen molar-refractivity contribution in [1.29, 1.82) is 0 Å². The third-order valence-electron chi connectivity index (χ3n) is 6.50. The minimum Gasteiger partial charge on any atom is -0.490 e. The van der Waals surface area contributed by atoms with Crippen LogP contribution in [0.3, 0.4) is 0 Å². The summed E-state index contributed by atoms with van der Waals surface area (Å²) < 4.78 is 17.8. The van der Waals surface area contributed by atoms with Crippen LogP contribution in [0.2, 0.25) is 20.1 Å². The third-order valence-corrected chi connectivity index (χ3v) is 7.62. The van der Waals surface area contributed by atoms with Crippen molar-refractivity contribution >= 4 is 64.4 Å². The lowest BCUT2D eigenvalue weighted by molar-refractivity contribution is -0.132. The summed E-state index contributed by atoms with van der Waals surface area (Å²) in [4.78, 5) is 26.1. The maximum atomic E-state index is 13.1. The van der Waals surface area contributed by atoms with Crippen LogP contribution < -0.4 is 25.0 Å². The number of nitrogens with one attached hydrogen (secondary N) is 2. The highest BCUT2D eigenvalue weighted by Gasteiger charge is 2.25. The number of benzene rings is 3. The Bertz CT molecular complexity index is 1560. The summed E-state index contributed by atoms with van der Waals surface area (Å²) in [6.45, 7) is 11.8. The minimum absolute atomic E-state index is 0.104. The quantitative estimate of drug-likeness (QED) is 0.0884. The molecule has 0 bridgehead atoms. The standard InChI is InChI=1S/C34H37Cl4N3O5/c1-6-8-23-14-22(15-31(44-7-2)32(23)45-19-24-9-10-25(35)16-27(24)37)18-39-41-34(43)29(13-20(3)4)40-33(42)21(5)46-30-12-11-26(36)17-28(30)38/h6,9-12,14-18,20-21,29H,1,7-8,13,19H2,2-5H3,(H,40,42)(H,41,43)/b39-18-/t21-,29-/m1/s1. The van der Waals surface area contributed by atoms with Crippen LogP contribution in [0.1, 0.15) is 50.8 Å². The molecule has 3 rings (SSSR count). The fourth-order valence-corrected chi connectivity index (χ4v) is 5.25. The monoisotopic (exact) mass is 707 g/mol. The fourth-order valence-electron chi connectivity index (χ4n) is 4.34. The number of ether oxygens (including phenoxy) is 3. The van der Waals surface area contributed by atoms with E-state index in [-0.39, 0.29) is 17.5 Å². The first-order valence-electron chi connectivity index (χ1n) is 14.6. The number of halogens is 4. The summed E-state index contributed by atoms with van der Waals surface area (Å²) in [6.07, 6.45) is 3.18. The second-order valence-corrected chi connectivity index (χ2v) is 12.4. The Morgan fingerprint density at radius 3 is 2.22 bits per heavy atom. The van der Waals surface area contributed by atoms with Crippen molar-refractivity contribution in [2.24, 2.45) is 11.0 Å². The predicted molar refractivity (Wildman–Crippen MR) is 186 cm³/mol. The molecule has 46 heavy (non-hydrogen) atoms. The van der Waals surface area contributed by atoms with Crippen LogP contribution in [0.15, 0.2) is 66.3 Å². The van der Waals surface area contributed by atoms with Crippen LogP contribution in [0.25, 0.3) is 0 Å². The number of carbonyl (C=O) groups excluding carboxylic acids is 2. The molecule has 0 aliphatic rings. The van der Waals surface area contributed by atoms with Gasteiger partial charge in [-0.15, -0.1) is 6.58 Å². The lowest BCUT2D eigenvalue weighted by Gasteiger charge is -2.22. The van der Waals surface area contributed by atoms with Gasteiger partial charge < -0.3 is 19.5 Å². The van der Waals surface area contributed by atoms with Crippen molar-refractivity contribution in [2.75, 3.05) is 6.61 Å². The van der Waals surface area contributed by atoms with Gasteiger partial charge in [0, 0.05) is 26.2 Å². The molecule has 2 N–H and O–H groups in total. The van der Waals surface area contributed by atoms with Crippen LogP contribution in [-0.4, -0.2) is 36.8 Å². The van der Waals surface area contributed by atoms with Gasteiger partial charge in [-0.2, -0.15) is 5.10 Å². The Labute approximate surface area is 290 Å². The van der Waals surface area contributed by atoms with Crippen LogP contribution in [0.5, 0.6) is 17.2 Å². The molecule has 2 atom stereocenters. The van der Waals surface area contributed by atoms with Crippen molar-refractivity contribution in [2.45, 2.75) is 59.3 Å². The molecule has 2 amide bonds. The number of carbonyl (C=O) groups is 2. The summed E-state index contributed by atoms with van der Waals surface area (Å²) in [6, 6.07) is 12.7. The zero-order valence-electron chi connectivity index (χ0n) is 26.0. The average molecular weight is 709 g/mol. The molecule has 246 valence electrons. The van der Waals surface area contributed by atoms with Gasteiger partial charge in [0.1, 0.15) is 18.4 Å². The van der Waals surface area contributed by atoms with Crippen molar-refractivity contribution in [3.63, 3.8) is 0 Å². The van der Waals surface area contributed by atoms with Gasteiger partial charge in [0.2, 0.25) is 0 Å². The van der Waals surface area contributed by atoms with Crippen molar-refractivity contribution in [3.05, 3.63) is 98.0 Å². The SMILES string of the molecule is C=CCc1cc(/C=N\NC(=O)[C@@H](CC(C)C)NC(=O)[C@@H](C)Oc2ccc(Cl)cc2Cl)cc(OCC)c1OCc1ccc(Cl)cc1Cl. The highest BCUT2D eigenvalue weighted by Crippen LogP contribution is 2.35. The first kappa shape index (κ1) is 37.0. The predicted octanol–water partition coefficient (Wildman–Crippen LogP) is 8.45. The molecule has 0 aromatic heterocycles. The number of nitrogens with zero attached hydrogens (tertiary/aromatic N) is 1. The van der Waals surface area contributed by atoms with Crippen LogP contribution >= 0.6 is 46.4 Å². The Morgan fingerprint density at radius 2 is 1.59 bits per heavy atom. The molecule has 0 heterocycles. The van der Waals surface area contributed by atoms with Gasteiger partial charge in [0.25, 0.3) is 11.8 Å². The summed E-state index contributed by atoms with van der Waals surface area (Å²) in [5, 5.41) is 8.67. The van der Waals surface area contributed by atoms with Gasteiger partial charge in [0.15, 0.2) is 17.6 Å². The Hall–Kier alpha value is -3.43. The smallest absolute Gasteiger partial charge is 0.262 e. The van der Waals surface area contributed by atoms with Gasteiger partial charge in [-0.25, -0.2) is 5.43 Å². The van der Waals surface area contributed by atoms with Crippen molar-refractivity contribution in [3.8, 4) is 17.2 Å². The molecule has 0 aliphatic heterocycles. The first-order chi connectivity index (χ1) is 21.9. The van der Waals surface area contributed by atoms with Crippen molar-refractivity contribution in [1.82, 2.24) is 10.7 Å². The summed E-state index contributed by atoms with van der Waals surface area (Å²) >= 11 is 24.5. The maximum absolute atomic E-state index is 13.1. The molecule has 0 radical (unpaired) electrons. The van der Waals surface area contributed by atoms with Gasteiger partial charge in [-0.3, -0.25) is 9.59 Å². The van der Waals surface area contributed by atoms with E-state index < -0.39 is 24.0 Å². The summed E-state index contributed by atoms with van der Waals surface area (Å²) in [7, 11) is 0. The second kappa shape index (κ2) is 18.0. The molecule has 8 nitrogen and oxygen atoms in total. The molecule has 3 aromatic rings. The van der Waals surface area contributed by atoms with E-state index in [0.29, 0.717) is 57.3 Å². The summed E-state index contributed by atoms with van der Waals surface area (Å²) in [5.41, 5.74) is 4.77. The number of amides is 2. The lowest BCUT2D eigenvalue weighted by atomic mass is 10.0. The van der Waals surface area contributed by atoms with E-state index in [1.807, 2.05) is 26.8 Å². The molecule has 0 fully saturated rings. The van der Waals surface area contributed by atoms with E-state index in [1.165, 1.54) is 12.3 Å². The highest BCUT2D eigenvalue weighted by atomic mass is 35.5. The molecule has 0 aliphatic carbocycles. The number of hydrogen-bond donors (Lipinski definition) is 2. The zero-order valence-corrected chi connectivity index (χ0v) is 29.1. The van der Waals surface area contributed by atoms with E-state index in [2.05, 4.69) is 22.4 Å². The number of allylic oxidation sites excluding steroid dienone is 1. The van der Waals surface area contributed by atoms with Gasteiger partial charge in [-0.1, -0.05) is 72.4 Å². The maximum Gasteiger partial charge on any atom is 0.262 e. The van der Waals surface area contributed by atoms with Crippen LogP contribution in [0, 0.1) is 5.92 Å². The van der Waals surface area contributed by atoms with E-state index in [4.69, 9.17) is 60.6 Å². The Balaban J connectivity index is 1.74. The van der Waals surface area contributed by atoms with Crippen molar-refractivity contribution < 1.29 is 23.8 Å². The molecule has 0 saturated carbocycles. The second-order valence-electron chi connectivity index (χ2n) is 10.7. The zero-order chi connectivity index (χ0) is 33.8. The molecule has 3 aromatic carbocycles. The minimum atomic E-state index is -0.929. The number of hydrazone groups is 1. The topological polar surface area (TPSA) is 98.3 Å². The van der Waals surface area contributed by atoms with E-state index in [0.717, 1.165) is 11.1 Å². The highest BCUT2D eigenvalue weighted by molar-refractivity contribution is 6.35. The van der Waals surface area contributed by atoms with Gasteiger partial charge in [0.05, 0.1) is 17.8 Å². The molecule has 0 unspecified atom stereocenters. The molecular weight excluding hydrogens is 672 g/mol. The van der Waals surface area contributed by atoms with E-state index in [1.54, 1.807) is 49.4 Å². The van der Waals surface area contributed by atoms with E-state index in [9.17, 15) is 9.59 Å². The molecule has 0 saturated heterocycles. The number of hydrogen-bond acceptors (Lipinski definition) is 6. The van der Waals surface area contributed by atoms with Gasteiger partial charge >= 0.3 is 0 Å². The largest absolute Gasteiger partial charge is 0.490 e. The lowest BCUT2D eigenvalue weighted by Crippen LogP contribution is -2.49. The Kier molecular flexibility index (Phi) is 14.5. The fraction of sp³-hybridized carbons (Fsp3) is 0.324. The molecular formula is C34H37Cl4N3O5.